The van der Waals surface area contributed by atoms with E-state index in [-0.39, 0.29) is 23.1 Å². The van der Waals surface area contributed by atoms with E-state index in [1.807, 2.05) is 12.1 Å². The molecule has 2 aromatic rings. The first-order valence-corrected chi connectivity index (χ1v) is 13.3. The van der Waals surface area contributed by atoms with Crippen LogP contribution >= 0.6 is 0 Å². The molecule has 2 aliphatic carbocycles. The summed E-state index contributed by atoms with van der Waals surface area (Å²) in [6.07, 6.45) is 9.66. The minimum Gasteiger partial charge on any atom is -0.425 e. The SMILES string of the molecule is CC(C)(C)c1cc([C@H](c2ccc(F)cc2)C2(C#N)CCCCC2)cc2c1OC(=O)C21CCCCC1. The molecule has 3 aliphatic rings. The summed E-state index contributed by atoms with van der Waals surface area (Å²) in [4.78, 5) is 13.4. The molecule has 1 spiro atoms. The number of esters is 1. The van der Waals surface area contributed by atoms with E-state index in [0.717, 1.165) is 92.2 Å². The van der Waals surface area contributed by atoms with Gasteiger partial charge in [0, 0.05) is 17.0 Å². The van der Waals surface area contributed by atoms with Crippen molar-refractivity contribution in [2.75, 3.05) is 0 Å². The molecule has 0 N–H and O–H groups in total. The number of fused-ring (bicyclic) bond motifs is 2. The van der Waals surface area contributed by atoms with Gasteiger partial charge in [0.1, 0.15) is 11.6 Å². The summed E-state index contributed by atoms with van der Waals surface area (Å²) in [6, 6.07) is 13.8. The van der Waals surface area contributed by atoms with Gasteiger partial charge in [-0.05, 0) is 54.4 Å². The van der Waals surface area contributed by atoms with Gasteiger partial charge in [-0.25, -0.2) is 4.39 Å². The van der Waals surface area contributed by atoms with Crippen LogP contribution in [0.2, 0.25) is 0 Å². The maximum absolute atomic E-state index is 13.9. The van der Waals surface area contributed by atoms with Crippen LogP contribution in [0.5, 0.6) is 5.75 Å². The molecule has 1 heterocycles. The van der Waals surface area contributed by atoms with Gasteiger partial charge in [0.2, 0.25) is 0 Å². The molecule has 1 atom stereocenters. The Labute approximate surface area is 208 Å². The van der Waals surface area contributed by atoms with E-state index < -0.39 is 10.8 Å². The molecule has 3 nitrogen and oxygen atoms in total. The fourth-order valence-corrected chi connectivity index (χ4v) is 6.90. The van der Waals surface area contributed by atoms with Crippen molar-refractivity contribution in [3.8, 4) is 11.8 Å². The summed E-state index contributed by atoms with van der Waals surface area (Å²) >= 11 is 0. The van der Waals surface area contributed by atoms with Gasteiger partial charge in [0.05, 0.1) is 16.9 Å². The van der Waals surface area contributed by atoms with Crippen molar-refractivity contribution < 1.29 is 13.9 Å². The highest BCUT2D eigenvalue weighted by atomic mass is 19.1. The second kappa shape index (κ2) is 8.77. The summed E-state index contributed by atoms with van der Waals surface area (Å²) in [5.41, 5.74) is 2.70. The predicted molar refractivity (Wildman–Crippen MR) is 135 cm³/mol. The lowest BCUT2D eigenvalue weighted by Crippen LogP contribution is -2.36. The molecule has 0 saturated heterocycles. The Kier molecular flexibility index (Phi) is 6.02. The van der Waals surface area contributed by atoms with E-state index in [1.54, 1.807) is 0 Å². The Hall–Kier alpha value is -2.67. The van der Waals surface area contributed by atoms with Gasteiger partial charge >= 0.3 is 5.97 Å². The maximum atomic E-state index is 13.9. The van der Waals surface area contributed by atoms with Gasteiger partial charge in [-0.3, -0.25) is 4.79 Å². The molecular weight excluding hydrogens is 437 g/mol. The van der Waals surface area contributed by atoms with E-state index >= 15 is 0 Å². The zero-order valence-electron chi connectivity index (χ0n) is 21.3. The fourth-order valence-electron chi connectivity index (χ4n) is 6.90. The number of ether oxygens (including phenoxy) is 1. The summed E-state index contributed by atoms with van der Waals surface area (Å²) in [7, 11) is 0. The van der Waals surface area contributed by atoms with Crippen LogP contribution in [0, 0.1) is 22.6 Å². The smallest absolute Gasteiger partial charge is 0.322 e. The van der Waals surface area contributed by atoms with Crippen LogP contribution in [0.25, 0.3) is 0 Å². The van der Waals surface area contributed by atoms with Crippen LogP contribution in [0.4, 0.5) is 4.39 Å². The highest BCUT2D eigenvalue weighted by Gasteiger charge is 2.52. The molecule has 2 aromatic carbocycles. The third kappa shape index (κ3) is 3.98. The van der Waals surface area contributed by atoms with Gasteiger partial charge in [-0.1, -0.05) is 83.6 Å². The topological polar surface area (TPSA) is 50.1 Å². The van der Waals surface area contributed by atoms with Gasteiger partial charge in [0.25, 0.3) is 0 Å². The van der Waals surface area contributed by atoms with Crippen molar-refractivity contribution in [3.05, 3.63) is 64.5 Å². The van der Waals surface area contributed by atoms with E-state index in [4.69, 9.17) is 4.74 Å². The number of hydrogen-bond acceptors (Lipinski definition) is 3. The minimum atomic E-state index is -0.580. The van der Waals surface area contributed by atoms with Gasteiger partial charge in [0.15, 0.2) is 0 Å². The number of nitrogens with zero attached hydrogens (tertiary/aromatic N) is 1. The molecule has 0 radical (unpaired) electrons. The van der Waals surface area contributed by atoms with Crippen LogP contribution in [0.1, 0.15) is 113 Å². The summed E-state index contributed by atoms with van der Waals surface area (Å²) in [5.74, 6) is 0.171. The second-order valence-corrected chi connectivity index (χ2v) is 12.0. The number of carbonyl (C=O) groups is 1. The quantitative estimate of drug-likeness (QED) is 0.337. The number of nitriles is 1. The first-order valence-electron chi connectivity index (χ1n) is 13.3. The molecule has 35 heavy (non-hydrogen) atoms. The summed E-state index contributed by atoms with van der Waals surface area (Å²) in [5, 5.41) is 10.6. The first-order chi connectivity index (χ1) is 16.7. The Morgan fingerprint density at radius 2 is 1.51 bits per heavy atom. The highest BCUT2D eigenvalue weighted by molar-refractivity contribution is 5.91. The summed E-state index contributed by atoms with van der Waals surface area (Å²) in [6.45, 7) is 6.46. The third-order valence-corrected chi connectivity index (χ3v) is 8.79. The standard InChI is InChI=1S/C31H36FNO2/c1-29(2,3)24-18-22(19-25-27(24)35-28(34)31(25)16-8-5-9-17-31)26(21-10-12-23(32)13-11-21)30(20-33)14-6-4-7-15-30/h10-13,18-19,26H,4-9,14-17H2,1-3H3/t26-/m0/s1. The largest absolute Gasteiger partial charge is 0.425 e. The highest BCUT2D eigenvalue weighted by Crippen LogP contribution is 2.56. The Morgan fingerprint density at radius 3 is 2.09 bits per heavy atom. The zero-order chi connectivity index (χ0) is 24.8. The molecule has 2 saturated carbocycles. The molecule has 184 valence electrons. The second-order valence-electron chi connectivity index (χ2n) is 12.0. The van der Waals surface area contributed by atoms with Crippen molar-refractivity contribution in [1.29, 1.82) is 5.26 Å². The number of rotatable bonds is 3. The van der Waals surface area contributed by atoms with Gasteiger partial charge in [-0.15, -0.1) is 0 Å². The molecular formula is C31H36FNO2. The molecule has 0 bridgehead atoms. The Bertz CT molecular complexity index is 1160. The minimum absolute atomic E-state index is 0.110. The van der Waals surface area contributed by atoms with Crippen molar-refractivity contribution >= 4 is 5.97 Å². The van der Waals surface area contributed by atoms with Crippen LogP contribution in [0.15, 0.2) is 36.4 Å². The van der Waals surface area contributed by atoms with Crippen LogP contribution < -0.4 is 4.74 Å². The molecule has 0 aromatic heterocycles. The number of benzene rings is 2. The van der Waals surface area contributed by atoms with E-state index in [2.05, 4.69) is 39.0 Å². The molecule has 0 unspecified atom stereocenters. The molecule has 4 heteroatoms. The number of hydrogen-bond donors (Lipinski definition) is 0. The Balaban J connectivity index is 1.77. The van der Waals surface area contributed by atoms with Crippen LogP contribution in [-0.4, -0.2) is 5.97 Å². The average molecular weight is 474 g/mol. The van der Waals surface area contributed by atoms with E-state index in [9.17, 15) is 14.4 Å². The van der Waals surface area contributed by atoms with E-state index in [1.165, 1.54) is 12.1 Å². The van der Waals surface area contributed by atoms with Gasteiger partial charge in [-0.2, -0.15) is 5.26 Å². The van der Waals surface area contributed by atoms with Crippen molar-refractivity contribution in [2.45, 2.75) is 102 Å². The number of carbonyl (C=O) groups excluding carboxylic acids is 1. The van der Waals surface area contributed by atoms with E-state index in [0.29, 0.717) is 0 Å². The maximum Gasteiger partial charge on any atom is 0.322 e. The lowest BCUT2D eigenvalue weighted by molar-refractivity contribution is -0.139. The van der Waals surface area contributed by atoms with Crippen LogP contribution in [-0.2, 0) is 15.6 Å². The molecule has 0 amide bonds. The monoisotopic (exact) mass is 473 g/mol. The molecule has 1 aliphatic heterocycles. The van der Waals surface area contributed by atoms with Crippen molar-refractivity contribution in [1.82, 2.24) is 0 Å². The predicted octanol–water partition coefficient (Wildman–Crippen LogP) is 7.85. The first kappa shape index (κ1) is 24.0. The number of halogens is 1. The average Bonchev–Trinajstić information content (AvgIpc) is 3.11. The van der Waals surface area contributed by atoms with Crippen LogP contribution in [0.3, 0.4) is 0 Å². The zero-order valence-corrected chi connectivity index (χ0v) is 21.3. The Morgan fingerprint density at radius 1 is 0.914 bits per heavy atom. The van der Waals surface area contributed by atoms with Crippen molar-refractivity contribution in [3.63, 3.8) is 0 Å². The molecule has 2 fully saturated rings. The lowest BCUT2D eigenvalue weighted by atomic mass is 9.61. The summed E-state index contributed by atoms with van der Waals surface area (Å²) < 4.78 is 20.0. The third-order valence-electron chi connectivity index (χ3n) is 8.79. The lowest BCUT2D eigenvalue weighted by Gasteiger charge is -2.40. The normalized spacial score (nSPS) is 21.7. The van der Waals surface area contributed by atoms with Gasteiger partial charge < -0.3 is 4.74 Å². The fraction of sp³-hybridized carbons (Fsp3) is 0.548. The molecule has 5 rings (SSSR count). The van der Waals surface area contributed by atoms with Crippen molar-refractivity contribution in [2.24, 2.45) is 5.41 Å².